The SMILES string of the molecule is CC(C)(C)[Si](OC[C@@H]1C[C@H](CI)OC(=O)O1)(c1ccccc1)c1ccccc1. The topological polar surface area (TPSA) is 44.8 Å². The fourth-order valence-corrected chi connectivity index (χ4v) is 9.00. The normalized spacial score (nSPS) is 20.4. The second-order valence-corrected chi connectivity index (χ2v) is 13.3. The molecular formula is C22H27IO4Si. The van der Waals surface area contributed by atoms with Gasteiger partial charge in [0.25, 0.3) is 8.32 Å². The van der Waals surface area contributed by atoms with Crippen LogP contribution in [0.25, 0.3) is 0 Å². The number of carbonyl (C=O) groups excluding carboxylic acids is 1. The largest absolute Gasteiger partial charge is 0.508 e. The molecule has 0 bridgehead atoms. The van der Waals surface area contributed by atoms with Crippen LogP contribution in [0.4, 0.5) is 4.79 Å². The predicted molar refractivity (Wildman–Crippen MR) is 122 cm³/mol. The molecule has 2 atom stereocenters. The van der Waals surface area contributed by atoms with Crippen molar-refractivity contribution in [2.75, 3.05) is 11.0 Å². The zero-order valence-corrected chi connectivity index (χ0v) is 19.7. The van der Waals surface area contributed by atoms with E-state index in [2.05, 4.69) is 91.9 Å². The molecule has 28 heavy (non-hydrogen) atoms. The molecule has 1 heterocycles. The van der Waals surface area contributed by atoms with E-state index < -0.39 is 14.5 Å². The highest BCUT2D eigenvalue weighted by molar-refractivity contribution is 14.1. The molecule has 1 aliphatic heterocycles. The van der Waals surface area contributed by atoms with Gasteiger partial charge in [-0.05, 0) is 15.4 Å². The number of rotatable bonds is 6. The minimum Gasteiger partial charge on any atom is -0.430 e. The molecule has 0 unspecified atom stereocenters. The molecule has 0 spiro atoms. The van der Waals surface area contributed by atoms with Gasteiger partial charge in [0, 0.05) is 10.8 Å². The lowest BCUT2D eigenvalue weighted by Crippen LogP contribution is -2.67. The number of alkyl halides is 1. The van der Waals surface area contributed by atoms with Gasteiger partial charge in [-0.15, -0.1) is 0 Å². The fourth-order valence-electron chi connectivity index (χ4n) is 3.87. The number of hydrogen-bond acceptors (Lipinski definition) is 4. The number of cyclic esters (lactones) is 2. The van der Waals surface area contributed by atoms with Crippen LogP contribution in [0.1, 0.15) is 27.2 Å². The van der Waals surface area contributed by atoms with Crippen molar-refractivity contribution in [1.82, 2.24) is 0 Å². The zero-order chi connectivity index (χ0) is 20.2. The van der Waals surface area contributed by atoms with Crippen molar-refractivity contribution >= 4 is 47.4 Å². The van der Waals surface area contributed by atoms with Crippen LogP contribution in [0.3, 0.4) is 0 Å². The van der Waals surface area contributed by atoms with Gasteiger partial charge in [0.1, 0.15) is 12.2 Å². The average Bonchev–Trinajstić information content (AvgIpc) is 2.68. The van der Waals surface area contributed by atoms with E-state index in [9.17, 15) is 4.79 Å². The summed E-state index contributed by atoms with van der Waals surface area (Å²) in [6.07, 6.45) is -0.339. The molecule has 0 saturated carbocycles. The molecule has 3 rings (SSSR count). The molecule has 2 aromatic rings. The van der Waals surface area contributed by atoms with Gasteiger partial charge >= 0.3 is 6.16 Å². The predicted octanol–water partition coefficient (Wildman–Crippen LogP) is 4.29. The summed E-state index contributed by atoms with van der Waals surface area (Å²) in [5, 5.41) is 2.34. The number of halogens is 1. The van der Waals surface area contributed by atoms with Crippen LogP contribution in [0.2, 0.25) is 5.04 Å². The maximum atomic E-state index is 11.8. The standard InChI is InChI=1S/C22H27IO4Si/c1-22(2,3)28(19-10-6-4-7-11-19,20-12-8-5-9-13-20)25-16-18-14-17(15-23)26-21(24)27-18/h4-13,17-18H,14-16H2,1-3H3/t17-,18+/m1/s1. The lowest BCUT2D eigenvalue weighted by atomic mass is 10.2. The third-order valence-corrected chi connectivity index (χ3v) is 11.1. The van der Waals surface area contributed by atoms with E-state index in [0.29, 0.717) is 13.0 Å². The van der Waals surface area contributed by atoms with Gasteiger partial charge in [0.15, 0.2) is 0 Å². The third-order valence-electron chi connectivity index (χ3n) is 5.13. The Morgan fingerprint density at radius 3 is 1.93 bits per heavy atom. The maximum Gasteiger partial charge on any atom is 0.508 e. The Hall–Kier alpha value is -1.38. The summed E-state index contributed by atoms with van der Waals surface area (Å²) in [4.78, 5) is 11.8. The van der Waals surface area contributed by atoms with E-state index in [0.717, 1.165) is 4.43 Å². The van der Waals surface area contributed by atoms with E-state index in [1.807, 2.05) is 12.1 Å². The smallest absolute Gasteiger partial charge is 0.430 e. The van der Waals surface area contributed by atoms with Crippen LogP contribution in [0.15, 0.2) is 60.7 Å². The Morgan fingerprint density at radius 2 is 1.46 bits per heavy atom. The molecule has 0 aliphatic carbocycles. The van der Waals surface area contributed by atoms with E-state index in [1.54, 1.807) is 0 Å². The van der Waals surface area contributed by atoms with Gasteiger partial charge in [0.2, 0.25) is 0 Å². The molecular weight excluding hydrogens is 483 g/mol. The molecule has 1 aliphatic rings. The summed E-state index contributed by atoms with van der Waals surface area (Å²) >= 11 is 2.24. The lowest BCUT2D eigenvalue weighted by molar-refractivity contribution is -0.0645. The second-order valence-electron chi connectivity index (χ2n) is 8.09. The molecule has 1 fully saturated rings. The Labute approximate surface area is 181 Å². The Kier molecular flexibility index (Phi) is 6.83. The molecule has 2 aromatic carbocycles. The Balaban J connectivity index is 1.98. The first-order valence-corrected chi connectivity index (χ1v) is 13.0. The minimum atomic E-state index is -2.62. The monoisotopic (exact) mass is 510 g/mol. The van der Waals surface area contributed by atoms with Crippen LogP contribution in [0.5, 0.6) is 0 Å². The molecule has 0 aromatic heterocycles. The van der Waals surface area contributed by atoms with Crippen molar-refractivity contribution in [3.05, 3.63) is 60.7 Å². The van der Waals surface area contributed by atoms with Crippen molar-refractivity contribution in [2.24, 2.45) is 0 Å². The lowest BCUT2D eigenvalue weighted by Gasteiger charge is -2.44. The van der Waals surface area contributed by atoms with E-state index >= 15 is 0 Å². The molecule has 0 N–H and O–H groups in total. The van der Waals surface area contributed by atoms with Crippen LogP contribution >= 0.6 is 22.6 Å². The molecule has 150 valence electrons. The number of ether oxygens (including phenoxy) is 2. The Morgan fingerprint density at radius 1 is 0.964 bits per heavy atom. The van der Waals surface area contributed by atoms with Crippen LogP contribution in [0, 0.1) is 0 Å². The first-order valence-electron chi connectivity index (χ1n) is 9.55. The van der Waals surface area contributed by atoms with Crippen molar-refractivity contribution < 1.29 is 18.7 Å². The zero-order valence-electron chi connectivity index (χ0n) is 16.6. The van der Waals surface area contributed by atoms with Gasteiger partial charge in [0.05, 0.1) is 6.61 Å². The third kappa shape index (κ3) is 4.44. The molecule has 6 heteroatoms. The summed E-state index contributed by atoms with van der Waals surface area (Å²) in [6.45, 7) is 7.09. The highest BCUT2D eigenvalue weighted by atomic mass is 127. The molecule has 1 saturated heterocycles. The van der Waals surface area contributed by atoms with Crippen LogP contribution in [-0.2, 0) is 13.9 Å². The molecule has 0 amide bonds. The first kappa shape index (κ1) is 21.3. The molecule has 4 nitrogen and oxygen atoms in total. The van der Waals surface area contributed by atoms with Crippen molar-refractivity contribution in [1.29, 1.82) is 0 Å². The maximum absolute atomic E-state index is 11.8. The highest BCUT2D eigenvalue weighted by Gasteiger charge is 2.50. The summed E-state index contributed by atoms with van der Waals surface area (Å²) in [5.41, 5.74) is 0. The van der Waals surface area contributed by atoms with E-state index in [1.165, 1.54) is 10.4 Å². The first-order chi connectivity index (χ1) is 13.4. The van der Waals surface area contributed by atoms with E-state index in [4.69, 9.17) is 13.9 Å². The summed E-state index contributed by atoms with van der Waals surface area (Å²) < 4.78 is 18.3. The van der Waals surface area contributed by atoms with Crippen LogP contribution in [-0.4, -0.2) is 37.7 Å². The van der Waals surface area contributed by atoms with Gasteiger partial charge in [-0.3, -0.25) is 0 Å². The van der Waals surface area contributed by atoms with Gasteiger partial charge in [-0.2, -0.15) is 0 Å². The van der Waals surface area contributed by atoms with Gasteiger partial charge in [-0.25, -0.2) is 4.79 Å². The molecule has 0 radical (unpaired) electrons. The minimum absolute atomic E-state index is 0.104. The average molecular weight is 510 g/mol. The van der Waals surface area contributed by atoms with Crippen molar-refractivity contribution in [3.8, 4) is 0 Å². The summed E-state index contributed by atoms with van der Waals surface area (Å²) in [7, 11) is -2.62. The Bertz CT molecular complexity index is 737. The van der Waals surface area contributed by atoms with Gasteiger partial charge in [-0.1, -0.05) is 104 Å². The number of hydrogen-bond donors (Lipinski definition) is 0. The van der Waals surface area contributed by atoms with Crippen LogP contribution < -0.4 is 10.4 Å². The summed E-state index contributed by atoms with van der Waals surface area (Å²) in [6, 6.07) is 21.0. The fraction of sp³-hybridized carbons (Fsp3) is 0.409. The second kappa shape index (κ2) is 8.96. The highest BCUT2D eigenvalue weighted by Crippen LogP contribution is 2.37. The quantitative estimate of drug-likeness (QED) is 0.252. The van der Waals surface area contributed by atoms with Crippen molar-refractivity contribution in [2.45, 2.75) is 44.4 Å². The number of carbonyl (C=O) groups is 1. The van der Waals surface area contributed by atoms with Gasteiger partial charge < -0.3 is 13.9 Å². The van der Waals surface area contributed by atoms with E-state index in [-0.39, 0.29) is 17.2 Å². The number of benzene rings is 2. The summed E-state index contributed by atoms with van der Waals surface area (Å²) in [5.74, 6) is 0. The van der Waals surface area contributed by atoms with Crippen molar-refractivity contribution in [3.63, 3.8) is 0 Å².